The van der Waals surface area contributed by atoms with E-state index in [-0.39, 0.29) is 11.8 Å². The molecule has 1 heterocycles. The van der Waals surface area contributed by atoms with Crippen LogP contribution in [0.25, 0.3) is 0 Å². The second-order valence-electron chi connectivity index (χ2n) is 5.62. The van der Waals surface area contributed by atoms with E-state index in [0.717, 1.165) is 12.1 Å². The van der Waals surface area contributed by atoms with Crippen molar-refractivity contribution in [1.29, 1.82) is 0 Å². The van der Waals surface area contributed by atoms with Crippen molar-refractivity contribution in [3.63, 3.8) is 0 Å². The van der Waals surface area contributed by atoms with Gasteiger partial charge in [0.2, 0.25) is 5.91 Å². The fourth-order valence-electron chi connectivity index (χ4n) is 2.51. The lowest BCUT2D eigenvalue weighted by molar-refractivity contribution is -0.137. The lowest BCUT2D eigenvalue weighted by Crippen LogP contribution is -2.47. The lowest BCUT2D eigenvalue weighted by atomic mass is 10.1. The summed E-state index contributed by atoms with van der Waals surface area (Å²) in [6.45, 7) is 2.84. The Balaban J connectivity index is 2.05. The minimum Gasteiger partial charge on any atom is -0.393 e. The van der Waals surface area contributed by atoms with Gasteiger partial charge in [0.1, 0.15) is 0 Å². The Labute approximate surface area is 137 Å². The number of likely N-dealkylation sites (tertiary alicyclic amines) is 1. The molecule has 2 rings (SSSR count). The monoisotopic (exact) mass is 350 g/mol. The molecule has 0 saturated carbocycles. The van der Waals surface area contributed by atoms with Crippen molar-refractivity contribution in [2.75, 3.05) is 18.4 Å². The number of hydrogen-bond donors (Lipinski definition) is 2. The second-order valence-corrected chi connectivity index (χ2v) is 6.03. The van der Waals surface area contributed by atoms with Crippen LogP contribution in [0.5, 0.6) is 0 Å². The summed E-state index contributed by atoms with van der Waals surface area (Å²) in [5.41, 5.74) is -0.929. The number of anilines is 1. The first-order valence-electron chi connectivity index (χ1n) is 7.28. The molecule has 1 saturated heterocycles. The summed E-state index contributed by atoms with van der Waals surface area (Å²) in [6, 6.07) is 2.78. The molecule has 1 aromatic carbocycles. The van der Waals surface area contributed by atoms with Gasteiger partial charge in [-0.2, -0.15) is 13.2 Å². The number of amides is 1. The molecular weight excluding hydrogens is 333 g/mol. The van der Waals surface area contributed by atoms with Gasteiger partial charge >= 0.3 is 6.18 Å². The number of aliphatic hydroxyl groups is 1. The van der Waals surface area contributed by atoms with Crippen molar-refractivity contribution in [1.82, 2.24) is 4.90 Å². The molecule has 8 heteroatoms. The number of benzene rings is 1. The van der Waals surface area contributed by atoms with Gasteiger partial charge in [0.05, 0.1) is 22.7 Å². The van der Waals surface area contributed by atoms with Crippen molar-refractivity contribution in [2.24, 2.45) is 0 Å². The van der Waals surface area contributed by atoms with E-state index in [0.29, 0.717) is 25.9 Å². The van der Waals surface area contributed by atoms with Crippen LogP contribution in [0.2, 0.25) is 5.02 Å². The third kappa shape index (κ3) is 4.59. The second kappa shape index (κ2) is 7.07. The summed E-state index contributed by atoms with van der Waals surface area (Å²) in [6.07, 6.45) is -3.77. The van der Waals surface area contributed by atoms with E-state index in [9.17, 15) is 23.1 Å². The van der Waals surface area contributed by atoms with Crippen LogP contribution in [0, 0.1) is 0 Å². The van der Waals surface area contributed by atoms with E-state index in [2.05, 4.69) is 5.32 Å². The van der Waals surface area contributed by atoms with E-state index < -0.39 is 28.7 Å². The van der Waals surface area contributed by atoms with Crippen molar-refractivity contribution >= 4 is 23.2 Å². The number of aliphatic hydroxyl groups excluding tert-OH is 1. The van der Waals surface area contributed by atoms with Crippen LogP contribution in [0.3, 0.4) is 0 Å². The number of alkyl halides is 3. The molecule has 0 radical (unpaired) electrons. The molecule has 128 valence electrons. The molecule has 4 nitrogen and oxygen atoms in total. The number of carbonyl (C=O) groups is 1. The quantitative estimate of drug-likeness (QED) is 0.880. The summed E-state index contributed by atoms with van der Waals surface area (Å²) in [7, 11) is 0. The van der Waals surface area contributed by atoms with Crippen LogP contribution < -0.4 is 5.32 Å². The smallest absolute Gasteiger partial charge is 0.393 e. The normalized spacial score (nSPS) is 18.7. The van der Waals surface area contributed by atoms with E-state index in [1.165, 1.54) is 6.07 Å². The molecule has 0 aromatic heterocycles. The van der Waals surface area contributed by atoms with Crippen LogP contribution in [0.4, 0.5) is 18.9 Å². The predicted molar refractivity (Wildman–Crippen MR) is 81.4 cm³/mol. The zero-order valence-electron chi connectivity index (χ0n) is 12.5. The van der Waals surface area contributed by atoms with Gasteiger partial charge in [0.15, 0.2) is 0 Å². The molecule has 0 bridgehead atoms. The maximum atomic E-state index is 12.8. The van der Waals surface area contributed by atoms with Crippen LogP contribution in [-0.2, 0) is 11.0 Å². The molecule has 1 aliphatic heterocycles. The highest BCUT2D eigenvalue weighted by molar-refractivity contribution is 6.31. The molecule has 0 spiro atoms. The van der Waals surface area contributed by atoms with Crippen molar-refractivity contribution in [2.45, 2.75) is 38.1 Å². The molecule has 2 N–H and O–H groups in total. The molecule has 0 unspecified atom stereocenters. The topological polar surface area (TPSA) is 52.6 Å². The fraction of sp³-hybridized carbons (Fsp3) is 0.533. The zero-order valence-corrected chi connectivity index (χ0v) is 13.3. The third-order valence-electron chi connectivity index (χ3n) is 3.97. The van der Waals surface area contributed by atoms with Gasteiger partial charge in [0.25, 0.3) is 0 Å². The third-order valence-corrected chi connectivity index (χ3v) is 4.30. The minimum absolute atomic E-state index is 0.0515. The Bertz CT molecular complexity index is 572. The summed E-state index contributed by atoms with van der Waals surface area (Å²) in [5, 5.41) is 11.5. The Morgan fingerprint density at radius 2 is 2.00 bits per heavy atom. The Morgan fingerprint density at radius 1 is 1.39 bits per heavy atom. The number of nitrogens with one attached hydrogen (secondary N) is 1. The van der Waals surface area contributed by atoms with Gasteiger partial charge in [-0.15, -0.1) is 0 Å². The first kappa shape index (κ1) is 18.0. The van der Waals surface area contributed by atoms with Crippen LogP contribution in [0.15, 0.2) is 18.2 Å². The highest BCUT2D eigenvalue weighted by Gasteiger charge is 2.33. The minimum atomic E-state index is -4.58. The van der Waals surface area contributed by atoms with Crippen molar-refractivity contribution < 1.29 is 23.1 Å². The number of carbonyl (C=O) groups excluding carboxylic acids is 1. The highest BCUT2D eigenvalue weighted by atomic mass is 35.5. The molecule has 23 heavy (non-hydrogen) atoms. The zero-order chi connectivity index (χ0) is 17.2. The largest absolute Gasteiger partial charge is 0.417 e. The van der Waals surface area contributed by atoms with Crippen LogP contribution in [-0.4, -0.2) is 41.1 Å². The number of hydrogen-bond acceptors (Lipinski definition) is 3. The van der Waals surface area contributed by atoms with Gasteiger partial charge < -0.3 is 10.4 Å². The summed E-state index contributed by atoms with van der Waals surface area (Å²) in [5.74, 6) is -0.392. The average molecular weight is 351 g/mol. The van der Waals surface area contributed by atoms with E-state index in [4.69, 9.17) is 11.6 Å². The van der Waals surface area contributed by atoms with Crippen molar-refractivity contribution in [3.05, 3.63) is 28.8 Å². The summed E-state index contributed by atoms with van der Waals surface area (Å²) < 4.78 is 38.5. The first-order valence-corrected chi connectivity index (χ1v) is 7.66. The maximum Gasteiger partial charge on any atom is 0.417 e. The molecule has 1 aromatic rings. The predicted octanol–water partition coefficient (Wildman–Crippen LogP) is 3.14. The molecule has 1 aliphatic rings. The van der Waals surface area contributed by atoms with E-state index >= 15 is 0 Å². The molecule has 0 aliphatic carbocycles. The average Bonchev–Trinajstić information content (AvgIpc) is 2.48. The van der Waals surface area contributed by atoms with Gasteiger partial charge in [-0.3, -0.25) is 9.69 Å². The fourth-order valence-corrected chi connectivity index (χ4v) is 2.73. The van der Waals surface area contributed by atoms with E-state index in [1.807, 2.05) is 4.90 Å². The summed E-state index contributed by atoms with van der Waals surface area (Å²) in [4.78, 5) is 14.1. The van der Waals surface area contributed by atoms with E-state index in [1.54, 1.807) is 6.92 Å². The number of halogens is 4. The molecular formula is C15H18ClF3N2O2. The first-order chi connectivity index (χ1) is 10.7. The van der Waals surface area contributed by atoms with Gasteiger partial charge in [-0.1, -0.05) is 11.6 Å². The van der Waals surface area contributed by atoms with Gasteiger partial charge in [-0.05, 0) is 38.0 Å². The maximum absolute atomic E-state index is 12.8. The lowest BCUT2D eigenvalue weighted by Gasteiger charge is -2.33. The summed E-state index contributed by atoms with van der Waals surface area (Å²) >= 11 is 5.55. The SMILES string of the molecule is C[C@@H](C(=O)Nc1ccc(Cl)c(C(F)(F)F)c1)N1CCC(O)CC1. The van der Waals surface area contributed by atoms with Gasteiger partial charge in [-0.25, -0.2) is 0 Å². The number of rotatable bonds is 3. The molecule has 1 fully saturated rings. The highest BCUT2D eigenvalue weighted by Crippen LogP contribution is 2.36. The Kier molecular flexibility index (Phi) is 5.54. The Morgan fingerprint density at radius 3 is 2.57 bits per heavy atom. The number of nitrogens with zero attached hydrogens (tertiary/aromatic N) is 1. The Hall–Kier alpha value is -1.31. The number of piperidine rings is 1. The van der Waals surface area contributed by atoms with Crippen LogP contribution in [0.1, 0.15) is 25.3 Å². The standard InChI is InChI=1S/C15H18ClF3N2O2/c1-9(21-6-4-11(22)5-7-21)14(23)20-10-2-3-13(16)12(8-10)15(17,18)19/h2-3,8-9,11,22H,4-7H2,1H3,(H,20,23)/t9-/m0/s1. The molecule has 1 amide bonds. The van der Waals surface area contributed by atoms with Gasteiger partial charge in [0, 0.05) is 18.8 Å². The van der Waals surface area contributed by atoms with Crippen molar-refractivity contribution in [3.8, 4) is 0 Å². The molecule has 1 atom stereocenters. The van der Waals surface area contributed by atoms with Crippen LogP contribution >= 0.6 is 11.6 Å².